The van der Waals surface area contributed by atoms with Crippen LogP contribution < -0.4 is 0 Å². The number of phenolic OH excluding ortho intramolecular Hbond substituents is 1. The van der Waals surface area contributed by atoms with E-state index in [1.165, 1.54) is 30.3 Å². The van der Waals surface area contributed by atoms with Gasteiger partial charge in [-0.3, -0.25) is 14.9 Å². The van der Waals surface area contributed by atoms with Gasteiger partial charge >= 0.3 is 0 Å². The van der Waals surface area contributed by atoms with E-state index in [4.69, 9.17) is 11.6 Å². The molecule has 0 fully saturated rings. The number of aldehydes is 1. The van der Waals surface area contributed by atoms with Crippen LogP contribution in [0.1, 0.15) is 10.4 Å². The van der Waals surface area contributed by atoms with E-state index in [0.717, 1.165) is 0 Å². The van der Waals surface area contributed by atoms with Crippen molar-refractivity contribution >= 4 is 23.6 Å². The second-order valence-electron chi connectivity index (χ2n) is 3.82. The molecule has 19 heavy (non-hydrogen) atoms. The van der Waals surface area contributed by atoms with Gasteiger partial charge in [0.2, 0.25) is 0 Å². The van der Waals surface area contributed by atoms with Crippen LogP contribution in [-0.2, 0) is 0 Å². The predicted molar refractivity (Wildman–Crippen MR) is 70.6 cm³/mol. The quantitative estimate of drug-likeness (QED) is 0.529. The Morgan fingerprint density at radius 3 is 2.63 bits per heavy atom. The van der Waals surface area contributed by atoms with Crippen LogP contribution in [0.2, 0.25) is 5.02 Å². The van der Waals surface area contributed by atoms with Crippen molar-refractivity contribution in [3.8, 4) is 16.9 Å². The number of carbonyl (C=O) groups is 1. The average Bonchev–Trinajstić information content (AvgIpc) is 2.41. The number of nitro groups is 1. The van der Waals surface area contributed by atoms with E-state index >= 15 is 0 Å². The van der Waals surface area contributed by atoms with Crippen LogP contribution in [0.15, 0.2) is 36.4 Å². The average molecular weight is 278 g/mol. The zero-order chi connectivity index (χ0) is 14.0. The third kappa shape index (κ3) is 2.56. The Hall–Kier alpha value is -2.40. The van der Waals surface area contributed by atoms with Gasteiger partial charge in [0, 0.05) is 22.7 Å². The maximum Gasteiger partial charge on any atom is 0.270 e. The van der Waals surface area contributed by atoms with Gasteiger partial charge in [0.25, 0.3) is 5.69 Å². The Bertz CT molecular complexity index is 670. The van der Waals surface area contributed by atoms with Crippen molar-refractivity contribution in [2.24, 2.45) is 0 Å². The maximum atomic E-state index is 10.8. The number of hydrogen-bond acceptors (Lipinski definition) is 4. The molecule has 0 aliphatic rings. The van der Waals surface area contributed by atoms with Crippen LogP contribution in [0.4, 0.5) is 5.69 Å². The first-order valence-electron chi connectivity index (χ1n) is 5.25. The summed E-state index contributed by atoms with van der Waals surface area (Å²) >= 11 is 5.85. The van der Waals surface area contributed by atoms with Gasteiger partial charge in [-0.2, -0.15) is 0 Å². The third-order valence-corrected chi connectivity index (χ3v) is 2.82. The zero-order valence-corrected chi connectivity index (χ0v) is 10.3. The van der Waals surface area contributed by atoms with E-state index in [1.807, 2.05) is 0 Å². The molecule has 1 N–H and O–H groups in total. The molecule has 0 aliphatic heterocycles. The summed E-state index contributed by atoms with van der Waals surface area (Å²) in [6.07, 6.45) is 0.474. The molecule has 0 saturated heterocycles. The number of non-ortho nitro benzene ring substituents is 1. The Labute approximate surface area is 113 Å². The lowest BCUT2D eigenvalue weighted by molar-refractivity contribution is -0.384. The molecule has 0 amide bonds. The normalized spacial score (nSPS) is 10.2. The van der Waals surface area contributed by atoms with Gasteiger partial charge < -0.3 is 5.11 Å². The molecule has 96 valence electrons. The first kappa shape index (κ1) is 13.0. The molecular formula is C13H8ClNO4. The first-order chi connectivity index (χ1) is 9.02. The second kappa shape index (κ2) is 5.07. The van der Waals surface area contributed by atoms with Crippen molar-refractivity contribution in [1.82, 2.24) is 0 Å². The summed E-state index contributed by atoms with van der Waals surface area (Å²) in [4.78, 5) is 21.0. The summed E-state index contributed by atoms with van der Waals surface area (Å²) in [7, 11) is 0. The fraction of sp³-hybridized carbons (Fsp3) is 0. The summed E-state index contributed by atoms with van der Waals surface area (Å²) in [6.45, 7) is 0. The molecule has 0 aromatic heterocycles. The summed E-state index contributed by atoms with van der Waals surface area (Å²) in [5.74, 6) is -0.250. The lowest BCUT2D eigenvalue weighted by atomic mass is 10.0. The van der Waals surface area contributed by atoms with Crippen molar-refractivity contribution in [2.45, 2.75) is 0 Å². The fourth-order valence-electron chi connectivity index (χ4n) is 1.72. The third-order valence-electron chi connectivity index (χ3n) is 2.60. The van der Waals surface area contributed by atoms with Gasteiger partial charge in [-0.25, -0.2) is 0 Å². The molecule has 2 rings (SSSR count). The Kier molecular flexibility index (Phi) is 3.48. The van der Waals surface area contributed by atoms with Gasteiger partial charge in [-0.1, -0.05) is 23.7 Å². The summed E-state index contributed by atoms with van der Waals surface area (Å²) < 4.78 is 0. The van der Waals surface area contributed by atoms with Gasteiger partial charge in [0.15, 0.2) is 6.29 Å². The van der Waals surface area contributed by atoms with Crippen molar-refractivity contribution < 1.29 is 14.8 Å². The number of halogens is 1. The molecule has 0 atom stereocenters. The SMILES string of the molecule is O=Cc1cc(Cl)cc(-c2cccc([N+](=O)[O-])c2)c1O. The zero-order valence-electron chi connectivity index (χ0n) is 9.54. The van der Waals surface area contributed by atoms with Crippen LogP contribution in [0.5, 0.6) is 5.75 Å². The highest BCUT2D eigenvalue weighted by atomic mass is 35.5. The van der Waals surface area contributed by atoms with Crippen LogP contribution in [0.3, 0.4) is 0 Å². The second-order valence-corrected chi connectivity index (χ2v) is 4.25. The molecular weight excluding hydrogens is 270 g/mol. The van der Waals surface area contributed by atoms with E-state index < -0.39 is 4.92 Å². The Morgan fingerprint density at radius 1 is 1.26 bits per heavy atom. The monoisotopic (exact) mass is 277 g/mol. The molecule has 0 heterocycles. The molecule has 5 nitrogen and oxygen atoms in total. The highest BCUT2D eigenvalue weighted by Gasteiger charge is 2.13. The number of carbonyl (C=O) groups excluding carboxylic acids is 1. The first-order valence-corrected chi connectivity index (χ1v) is 5.63. The van der Waals surface area contributed by atoms with Crippen molar-refractivity contribution in [3.05, 3.63) is 57.1 Å². The van der Waals surface area contributed by atoms with Gasteiger partial charge in [0.05, 0.1) is 10.5 Å². The molecule has 6 heteroatoms. The molecule has 0 unspecified atom stereocenters. The largest absolute Gasteiger partial charge is 0.507 e. The molecule has 0 aliphatic carbocycles. The highest BCUT2D eigenvalue weighted by molar-refractivity contribution is 6.31. The van der Waals surface area contributed by atoms with Crippen molar-refractivity contribution in [1.29, 1.82) is 0 Å². The smallest absolute Gasteiger partial charge is 0.270 e. The number of rotatable bonds is 3. The minimum absolute atomic E-state index is 0.0361. The Morgan fingerprint density at radius 2 is 2.00 bits per heavy atom. The molecule has 0 radical (unpaired) electrons. The number of hydrogen-bond donors (Lipinski definition) is 1. The van der Waals surface area contributed by atoms with E-state index in [-0.39, 0.29) is 27.6 Å². The molecule has 2 aromatic carbocycles. The fourth-order valence-corrected chi connectivity index (χ4v) is 1.94. The van der Waals surface area contributed by atoms with E-state index in [0.29, 0.717) is 11.8 Å². The minimum atomic E-state index is -0.536. The van der Waals surface area contributed by atoms with E-state index in [2.05, 4.69) is 0 Å². The number of nitro benzene ring substituents is 1. The van der Waals surface area contributed by atoms with E-state index in [9.17, 15) is 20.0 Å². The lowest BCUT2D eigenvalue weighted by Gasteiger charge is -2.07. The van der Waals surface area contributed by atoms with Crippen molar-refractivity contribution in [2.75, 3.05) is 0 Å². The summed E-state index contributed by atoms with van der Waals surface area (Å²) in [5, 5.41) is 20.9. The van der Waals surface area contributed by atoms with Crippen LogP contribution >= 0.6 is 11.6 Å². The lowest BCUT2D eigenvalue weighted by Crippen LogP contribution is -1.90. The molecule has 0 bridgehead atoms. The number of aromatic hydroxyl groups is 1. The number of benzene rings is 2. The predicted octanol–water partition coefficient (Wildman–Crippen LogP) is 3.43. The summed E-state index contributed by atoms with van der Waals surface area (Å²) in [6, 6.07) is 8.50. The Balaban J connectivity index is 2.64. The highest BCUT2D eigenvalue weighted by Crippen LogP contribution is 2.35. The minimum Gasteiger partial charge on any atom is -0.507 e. The maximum absolute atomic E-state index is 10.8. The van der Waals surface area contributed by atoms with Crippen LogP contribution in [-0.4, -0.2) is 16.3 Å². The molecule has 2 aromatic rings. The van der Waals surface area contributed by atoms with Crippen LogP contribution in [0.25, 0.3) is 11.1 Å². The topological polar surface area (TPSA) is 80.4 Å². The van der Waals surface area contributed by atoms with Crippen molar-refractivity contribution in [3.63, 3.8) is 0 Å². The number of nitrogens with zero attached hydrogens (tertiary/aromatic N) is 1. The van der Waals surface area contributed by atoms with E-state index in [1.54, 1.807) is 6.07 Å². The standard InChI is InChI=1S/C13H8ClNO4/c14-10-4-9(7-16)13(17)12(6-10)8-2-1-3-11(5-8)15(18)19/h1-7,17H. The van der Waals surface area contributed by atoms with Gasteiger partial charge in [-0.15, -0.1) is 0 Å². The molecule has 0 saturated carbocycles. The molecule has 0 spiro atoms. The van der Waals surface area contributed by atoms with Crippen LogP contribution in [0, 0.1) is 10.1 Å². The van der Waals surface area contributed by atoms with Gasteiger partial charge in [-0.05, 0) is 17.7 Å². The summed E-state index contributed by atoms with van der Waals surface area (Å²) in [5.41, 5.74) is 0.620. The number of phenols is 1. The van der Waals surface area contributed by atoms with Gasteiger partial charge in [0.1, 0.15) is 5.75 Å².